The van der Waals surface area contributed by atoms with Crippen LogP contribution in [0.5, 0.6) is 0 Å². The molecule has 1 N–H and O–H groups in total. The zero-order valence-corrected chi connectivity index (χ0v) is 11.8. The first-order valence-electron chi connectivity index (χ1n) is 7.05. The SMILES string of the molecule is CCc1cccc2c(C(=O)Cc3cccc(F)c3)c[nH]c12. The number of carbonyl (C=O) groups is 1. The number of hydrogen-bond acceptors (Lipinski definition) is 1. The molecule has 3 aromatic rings. The normalized spacial score (nSPS) is 11.0. The van der Waals surface area contributed by atoms with Gasteiger partial charge in [-0.05, 0) is 29.7 Å². The van der Waals surface area contributed by atoms with Crippen LogP contribution in [0.4, 0.5) is 4.39 Å². The summed E-state index contributed by atoms with van der Waals surface area (Å²) >= 11 is 0. The predicted molar refractivity (Wildman–Crippen MR) is 82.1 cm³/mol. The Labute approximate surface area is 122 Å². The molecule has 2 aromatic carbocycles. The van der Waals surface area contributed by atoms with Crippen LogP contribution in [0.3, 0.4) is 0 Å². The lowest BCUT2D eigenvalue weighted by Crippen LogP contribution is -2.03. The third-order valence-electron chi connectivity index (χ3n) is 3.74. The number of halogens is 1. The van der Waals surface area contributed by atoms with Crippen molar-refractivity contribution < 1.29 is 9.18 Å². The molecule has 0 aliphatic carbocycles. The van der Waals surface area contributed by atoms with Gasteiger partial charge in [0.05, 0.1) is 0 Å². The molecule has 0 saturated heterocycles. The molecule has 0 saturated carbocycles. The third kappa shape index (κ3) is 2.59. The number of ketones is 1. The fraction of sp³-hybridized carbons (Fsp3) is 0.167. The molecule has 0 aliphatic heterocycles. The summed E-state index contributed by atoms with van der Waals surface area (Å²) in [5.41, 5.74) is 3.57. The molecule has 21 heavy (non-hydrogen) atoms. The van der Waals surface area contributed by atoms with Crippen LogP contribution in [-0.2, 0) is 12.8 Å². The molecular weight excluding hydrogens is 265 g/mol. The van der Waals surface area contributed by atoms with E-state index in [0.29, 0.717) is 11.1 Å². The smallest absolute Gasteiger partial charge is 0.169 e. The standard InChI is InChI=1S/C18H16FNO/c1-2-13-6-4-8-15-16(11-20-18(13)15)17(21)10-12-5-3-7-14(19)9-12/h3-9,11,20H,2,10H2,1H3. The highest BCUT2D eigenvalue weighted by Gasteiger charge is 2.14. The van der Waals surface area contributed by atoms with E-state index in [0.717, 1.165) is 17.3 Å². The molecule has 1 heterocycles. The Kier molecular flexibility index (Phi) is 3.57. The third-order valence-corrected chi connectivity index (χ3v) is 3.74. The van der Waals surface area contributed by atoms with Gasteiger partial charge < -0.3 is 4.98 Å². The van der Waals surface area contributed by atoms with Gasteiger partial charge in [0.1, 0.15) is 5.82 Å². The fourth-order valence-corrected chi connectivity index (χ4v) is 2.67. The minimum absolute atomic E-state index is 0.0000954. The number of H-pyrrole nitrogens is 1. The molecule has 0 amide bonds. The average Bonchev–Trinajstić information content (AvgIpc) is 2.91. The van der Waals surface area contributed by atoms with Gasteiger partial charge in [-0.15, -0.1) is 0 Å². The fourth-order valence-electron chi connectivity index (χ4n) is 2.67. The Morgan fingerprint density at radius 1 is 1.19 bits per heavy atom. The second kappa shape index (κ2) is 5.52. The molecule has 3 rings (SSSR count). The highest BCUT2D eigenvalue weighted by atomic mass is 19.1. The van der Waals surface area contributed by atoms with Crippen molar-refractivity contribution in [1.82, 2.24) is 4.98 Å². The van der Waals surface area contributed by atoms with Crippen LogP contribution in [0.25, 0.3) is 10.9 Å². The van der Waals surface area contributed by atoms with Crippen LogP contribution in [0.2, 0.25) is 0 Å². The van der Waals surface area contributed by atoms with Gasteiger partial charge in [-0.25, -0.2) is 4.39 Å². The van der Waals surface area contributed by atoms with Crippen LogP contribution in [0.15, 0.2) is 48.7 Å². The van der Waals surface area contributed by atoms with E-state index in [1.165, 1.54) is 17.7 Å². The van der Waals surface area contributed by atoms with Gasteiger partial charge in [0.25, 0.3) is 0 Å². The number of hydrogen-bond donors (Lipinski definition) is 1. The van der Waals surface area contributed by atoms with Crippen LogP contribution in [-0.4, -0.2) is 10.8 Å². The highest BCUT2D eigenvalue weighted by Crippen LogP contribution is 2.23. The van der Waals surface area contributed by atoms with Gasteiger partial charge >= 0.3 is 0 Å². The number of aryl methyl sites for hydroxylation is 1. The van der Waals surface area contributed by atoms with Crippen molar-refractivity contribution in [3.05, 3.63) is 71.2 Å². The highest BCUT2D eigenvalue weighted by molar-refractivity contribution is 6.09. The van der Waals surface area contributed by atoms with E-state index in [1.807, 2.05) is 12.1 Å². The summed E-state index contributed by atoms with van der Waals surface area (Å²) in [6.07, 6.45) is 2.88. The molecule has 106 valence electrons. The van der Waals surface area contributed by atoms with Crippen LogP contribution >= 0.6 is 0 Å². The summed E-state index contributed by atoms with van der Waals surface area (Å²) in [5, 5.41) is 0.941. The summed E-state index contributed by atoms with van der Waals surface area (Å²) in [5.74, 6) is -0.312. The van der Waals surface area contributed by atoms with Crippen LogP contribution in [0.1, 0.15) is 28.4 Å². The molecule has 0 bridgehead atoms. The van der Waals surface area contributed by atoms with E-state index < -0.39 is 0 Å². The molecule has 0 aliphatic rings. The first kappa shape index (κ1) is 13.6. The van der Waals surface area contributed by atoms with Crippen molar-refractivity contribution in [2.24, 2.45) is 0 Å². The van der Waals surface area contributed by atoms with Crippen molar-refractivity contribution in [1.29, 1.82) is 0 Å². The molecule has 3 heteroatoms. The van der Waals surface area contributed by atoms with E-state index in [-0.39, 0.29) is 18.0 Å². The molecule has 1 aromatic heterocycles. The van der Waals surface area contributed by atoms with Gasteiger partial charge in [-0.1, -0.05) is 37.3 Å². The first-order chi connectivity index (χ1) is 10.2. The first-order valence-corrected chi connectivity index (χ1v) is 7.05. The predicted octanol–water partition coefficient (Wildman–Crippen LogP) is 4.29. The van der Waals surface area contributed by atoms with Crippen molar-refractivity contribution in [3.63, 3.8) is 0 Å². The lowest BCUT2D eigenvalue weighted by atomic mass is 10.0. The van der Waals surface area contributed by atoms with E-state index in [4.69, 9.17) is 0 Å². The summed E-state index contributed by atoms with van der Waals surface area (Å²) in [4.78, 5) is 15.6. The summed E-state index contributed by atoms with van der Waals surface area (Å²) in [7, 11) is 0. The van der Waals surface area contributed by atoms with Crippen molar-refractivity contribution >= 4 is 16.7 Å². The number of carbonyl (C=O) groups excluding carboxylic acids is 1. The van der Waals surface area contributed by atoms with Crippen LogP contribution in [0, 0.1) is 5.82 Å². The number of Topliss-reactive ketones (excluding diaryl/α,β-unsaturated/α-hetero) is 1. The Bertz CT molecular complexity index is 804. The number of benzene rings is 2. The van der Waals surface area contributed by atoms with E-state index in [9.17, 15) is 9.18 Å². The van der Waals surface area contributed by atoms with Gasteiger partial charge in [-0.2, -0.15) is 0 Å². The molecule has 0 spiro atoms. The zero-order chi connectivity index (χ0) is 14.8. The summed E-state index contributed by atoms with van der Waals surface area (Å²) in [6, 6.07) is 12.2. The number of fused-ring (bicyclic) bond motifs is 1. The lowest BCUT2D eigenvalue weighted by molar-refractivity contribution is 0.0994. The maximum Gasteiger partial charge on any atom is 0.169 e. The maximum absolute atomic E-state index is 13.2. The largest absolute Gasteiger partial charge is 0.360 e. The molecular formula is C18H16FNO. The number of para-hydroxylation sites is 1. The quantitative estimate of drug-likeness (QED) is 0.711. The van der Waals surface area contributed by atoms with E-state index in [2.05, 4.69) is 18.0 Å². The van der Waals surface area contributed by atoms with E-state index in [1.54, 1.807) is 18.3 Å². The van der Waals surface area contributed by atoms with Gasteiger partial charge in [0, 0.05) is 29.1 Å². The number of nitrogens with one attached hydrogen (secondary N) is 1. The van der Waals surface area contributed by atoms with Crippen molar-refractivity contribution in [3.8, 4) is 0 Å². The maximum atomic E-state index is 13.2. The molecule has 0 radical (unpaired) electrons. The lowest BCUT2D eigenvalue weighted by Gasteiger charge is -2.02. The second-order valence-corrected chi connectivity index (χ2v) is 5.13. The van der Waals surface area contributed by atoms with Crippen molar-refractivity contribution in [2.45, 2.75) is 19.8 Å². The van der Waals surface area contributed by atoms with Crippen molar-refractivity contribution in [2.75, 3.05) is 0 Å². The Hall–Kier alpha value is -2.42. The second-order valence-electron chi connectivity index (χ2n) is 5.13. The van der Waals surface area contributed by atoms with Gasteiger partial charge in [0.15, 0.2) is 5.78 Å². The van der Waals surface area contributed by atoms with E-state index >= 15 is 0 Å². The minimum Gasteiger partial charge on any atom is -0.360 e. The van der Waals surface area contributed by atoms with Crippen LogP contribution < -0.4 is 0 Å². The zero-order valence-electron chi connectivity index (χ0n) is 11.8. The molecule has 0 unspecified atom stereocenters. The monoisotopic (exact) mass is 281 g/mol. The number of aromatic nitrogens is 1. The molecule has 0 atom stereocenters. The Morgan fingerprint density at radius 2 is 2.00 bits per heavy atom. The topological polar surface area (TPSA) is 32.9 Å². The minimum atomic E-state index is -0.313. The molecule has 2 nitrogen and oxygen atoms in total. The van der Waals surface area contributed by atoms with Gasteiger partial charge in [-0.3, -0.25) is 4.79 Å². The van der Waals surface area contributed by atoms with Gasteiger partial charge in [0.2, 0.25) is 0 Å². The number of aromatic amines is 1. The Morgan fingerprint density at radius 3 is 2.76 bits per heavy atom. The summed E-state index contributed by atoms with van der Waals surface area (Å²) < 4.78 is 13.2. The molecule has 0 fully saturated rings. The Balaban J connectivity index is 1.95. The number of rotatable bonds is 4. The average molecular weight is 281 g/mol. The summed E-state index contributed by atoms with van der Waals surface area (Å²) in [6.45, 7) is 2.09.